The first kappa shape index (κ1) is 14.5. The smallest absolute Gasteiger partial charge is 0.127 e. The molecule has 2 unspecified atom stereocenters. The molecule has 0 aromatic heterocycles. The van der Waals surface area contributed by atoms with Crippen molar-refractivity contribution < 1.29 is 9.47 Å². The third-order valence-electron chi connectivity index (χ3n) is 3.64. The Morgan fingerprint density at radius 3 is 2.79 bits per heavy atom. The van der Waals surface area contributed by atoms with E-state index in [1.807, 2.05) is 23.9 Å². The standard InChI is InChI=1S/C15H23NO2S/c1-4-16-15(11-7-8-19-10-11)13-6-5-12(17-2)9-14(13)18-3/h5-6,9,11,15-16H,4,7-8,10H2,1-3H3. The van der Waals surface area contributed by atoms with E-state index in [4.69, 9.17) is 9.47 Å². The molecule has 1 aliphatic heterocycles. The largest absolute Gasteiger partial charge is 0.497 e. The van der Waals surface area contributed by atoms with Gasteiger partial charge in [-0.15, -0.1) is 0 Å². The number of rotatable bonds is 6. The summed E-state index contributed by atoms with van der Waals surface area (Å²) in [7, 11) is 3.41. The molecule has 0 amide bonds. The van der Waals surface area contributed by atoms with Crippen LogP contribution in [-0.2, 0) is 0 Å². The van der Waals surface area contributed by atoms with Crippen molar-refractivity contribution in [2.75, 3.05) is 32.3 Å². The summed E-state index contributed by atoms with van der Waals surface area (Å²) in [6.45, 7) is 3.13. The lowest BCUT2D eigenvalue weighted by Crippen LogP contribution is -2.28. The van der Waals surface area contributed by atoms with Crippen LogP contribution in [0.1, 0.15) is 24.9 Å². The Labute approximate surface area is 120 Å². The van der Waals surface area contributed by atoms with Gasteiger partial charge in [-0.3, -0.25) is 0 Å². The van der Waals surface area contributed by atoms with Crippen molar-refractivity contribution >= 4 is 11.8 Å². The summed E-state index contributed by atoms with van der Waals surface area (Å²) in [6, 6.07) is 6.50. The van der Waals surface area contributed by atoms with Gasteiger partial charge >= 0.3 is 0 Å². The van der Waals surface area contributed by atoms with E-state index in [1.165, 1.54) is 23.5 Å². The first-order chi connectivity index (χ1) is 9.30. The highest BCUT2D eigenvalue weighted by atomic mass is 32.2. The lowest BCUT2D eigenvalue weighted by Gasteiger charge is -2.26. The molecule has 1 saturated heterocycles. The van der Waals surface area contributed by atoms with Gasteiger partial charge in [0.25, 0.3) is 0 Å². The van der Waals surface area contributed by atoms with Gasteiger partial charge in [-0.2, -0.15) is 11.8 Å². The Hall–Kier alpha value is -0.870. The molecule has 0 saturated carbocycles. The van der Waals surface area contributed by atoms with Gasteiger partial charge in [0.15, 0.2) is 0 Å². The van der Waals surface area contributed by atoms with E-state index in [1.54, 1.807) is 14.2 Å². The molecular weight excluding hydrogens is 258 g/mol. The molecule has 1 aromatic carbocycles. The van der Waals surface area contributed by atoms with Gasteiger partial charge in [0.2, 0.25) is 0 Å². The van der Waals surface area contributed by atoms with Crippen molar-refractivity contribution in [1.82, 2.24) is 5.32 Å². The van der Waals surface area contributed by atoms with Gasteiger partial charge in [-0.25, -0.2) is 0 Å². The van der Waals surface area contributed by atoms with E-state index in [9.17, 15) is 0 Å². The van der Waals surface area contributed by atoms with Crippen molar-refractivity contribution in [2.45, 2.75) is 19.4 Å². The molecule has 1 aromatic rings. The first-order valence-corrected chi connectivity index (χ1v) is 7.98. The van der Waals surface area contributed by atoms with Gasteiger partial charge in [0, 0.05) is 17.7 Å². The molecule has 1 fully saturated rings. The normalized spacial score (nSPS) is 20.3. The number of benzene rings is 1. The number of thioether (sulfide) groups is 1. The molecule has 2 atom stereocenters. The van der Waals surface area contributed by atoms with E-state index >= 15 is 0 Å². The maximum absolute atomic E-state index is 5.55. The van der Waals surface area contributed by atoms with Crippen LogP contribution < -0.4 is 14.8 Å². The fourth-order valence-corrected chi connectivity index (χ4v) is 3.94. The summed E-state index contributed by atoms with van der Waals surface area (Å²) in [5.74, 6) is 4.95. The molecule has 2 rings (SSSR count). The number of hydrogen-bond donors (Lipinski definition) is 1. The summed E-state index contributed by atoms with van der Waals surface area (Å²) in [6.07, 6.45) is 1.28. The van der Waals surface area contributed by atoms with Crippen LogP contribution in [-0.4, -0.2) is 32.3 Å². The predicted molar refractivity (Wildman–Crippen MR) is 81.4 cm³/mol. The van der Waals surface area contributed by atoms with Crippen LogP contribution in [0, 0.1) is 5.92 Å². The average Bonchev–Trinajstić information content (AvgIpc) is 2.98. The molecule has 1 N–H and O–H groups in total. The van der Waals surface area contributed by atoms with Crippen LogP contribution in [0.5, 0.6) is 11.5 Å². The Morgan fingerprint density at radius 1 is 1.37 bits per heavy atom. The van der Waals surface area contributed by atoms with E-state index < -0.39 is 0 Å². The fourth-order valence-electron chi connectivity index (χ4n) is 2.64. The van der Waals surface area contributed by atoms with Crippen LogP contribution in [0.4, 0.5) is 0 Å². The zero-order chi connectivity index (χ0) is 13.7. The minimum Gasteiger partial charge on any atom is -0.497 e. The van der Waals surface area contributed by atoms with Gasteiger partial charge in [0.05, 0.1) is 14.2 Å². The molecule has 0 radical (unpaired) electrons. The summed E-state index contributed by atoms with van der Waals surface area (Å²) in [5, 5.41) is 3.62. The third kappa shape index (κ3) is 3.37. The molecule has 3 nitrogen and oxygen atoms in total. The highest BCUT2D eigenvalue weighted by Crippen LogP contribution is 2.38. The monoisotopic (exact) mass is 281 g/mol. The SMILES string of the molecule is CCNC(c1ccc(OC)cc1OC)C1CCSC1. The highest BCUT2D eigenvalue weighted by molar-refractivity contribution is 7.99. The lowest BCUT2D eigenvalue weighted by molar-refractivity contribution is 0.359. The molecule has 1 heterocycles. The minimum absolute atomic E-state index is 0.376. The zero-order valence-corrected chi connectivity index (χ0v) is 12.8. The Balaban J connectivity index is 2.29. The third-order valence-corrected chi connectivity index (χ3v) is 4.82. The quantitative estimate of drug-likeness (QED) is 0.868. The summed E-state index contributed by atoms with van der Waals surface area (Å²) in [5.41, 5.74) is 1.25. The molecular formula is C15H23NO2S. The van der Waals surface area contributed by atoms with Gasteiger partial charge in [0.1, 0.15) is 11.5 Å². The van der Waals surface area contributed by atoms with Gasteiger partial charge in [-0.1, -0.05) is 13.0 Å². The number of nitrogens with one attached hydrogen (secondary N) is 1. The van der Waals surface area contributed by atoms with Crippen LogP contribution in [0.3, 0.4) is 0 Å². The minimum atomic E-state index is 0.376. The number of ether oxygens (including phenoxy) is 2. The second kappa shape index (κ2) is 7.06. The van der Waals surface area contributed by atoms with Crippen LogP contribution in [0.2, 0.25) is 0 Å². The summed E-state index contributed by atoms with van der Waals surface area (Å²) in [4.78, 5) is 0. The second-order valence-corrected chi connectivity index (χ2v) is 5.92. The number of methoxy groups -OCH3 is 2. The number of hydrogen-bond acceptors (Lipinski definition) is 4. The highest BCUT2D eigenvalue weighted by Gasteiger charge is 2.28. The maximum Gasteiger partial charge on any atom is 0.127 e. The maximum atomic E-state index is 5.55. The molecule has 1 aliphatic rings. The molecule has 0 spiro atoms. The van der Waals surface area contributed by atoms with Crippen molar-refractivity contribution in [3.8, 4) is 11.5 Å². The van der Waals surface area contributed by atoms with E-state index in [2.05, 4.69) is 18.3 Å². The summed E-state index contributed by atoms with van der Waals surface area (Å²) >= 11 is 2.05. The van der Waals surface area contributed by atoms with E-state index in [0.29, 0.717) is 12.0 Å². The van der Waals surface area contributed by atoms with Crippen molar-refractivity contribution in [3.05, 3.63) is 23.8 Å². The molecule has 19 heavy (non-hydrogen) atoms. The Morgan fingerprint density at radius 2 is 2.21 bits per heavy atom. The molecule has 0 aliphatic carbocycles. The van der Waals surface area contributed by atoms with Crippen molar-refractivity contribution in [3.63, 3.8) is 0 Å². The van der Waals surface area contributed by atoms with Gasteiger partial charge in [-0.05, 0) is 36.5 Å². The average molecular weight is 281 g/mol. The van der Waals surface area contributed by atoms with E-state index in [-0.39, 0.29) is 0 Å². The Bertz CT molecular complexity index is 405. The predicted octanol–water partition coefficient (Wildman–Crippen LogP) is 3.11. The molecule has 4 heteroatoms. The van der Waals surface area contributed by atoms with E-state index in [0.717, 1.165) is 18.0 Å². The lowest BCUT2D eigenvalue weighted by atomic mass is 9.91. The Kier molecular flexibility index (Phi) is 5.40. The van der Waals surface area contributed by atoms with Crippen LogP contribution in [0.15, 0.2) is 18.2 Å². The topological polar surface area (TPSA) is 30.5 Å². The van der Waals surface area contributed by atoms with Crippen molar-refractivity contribution in [2.24, 2.45) is 5.92 Å². The van der Waals surface area contributed by atoms with Gasteiger partial charge < -0.3 is 14.8 Å². The zero-order valence-electron chi connectivity index (χ0n) is 11.9. The molecule has 0 bridgehead atoms. The molecule has 106 valence electrons. The second-order valence-electron chi connectivity index (χ2n) is 4.77. The first-order valence-electron chi connectivity index (χ1n) is 6.83. The van der Waals surface area contributed by atoms with Crippen LogP contribution in [0.25, 0.3) is 0 Å². The van der Waals surface area contributed by atoms with Crippen LogP contribution >= 0.6 is 11.8 Å². The summed E-state index contributed by atoms with van der Waals surface area (Å²) < 4.78 is 10.8. The van der Waals surface area contributed by atoms with Crippen molar-refractivity contribution in [1.29, 1.82) is 0 Å². The fraction of sp³-hybridized carbons (Fsp3) is 0.600.